The quantitative estimate of drug-likeness (QED) is 0.777. The van der Waals surface area contributed by atoms with E-state index in [4.69, 9.17) is 9.15 Å². The molecule has 0 bridgehead atoms. The number of benzene rings is 2. The van der Waals surface area contributed by atoms with Crippen molar-refractivity contribution in [2.45, 2.75) is 0 Å². The van der Waals surface area contributed by atoms with E-state index in [0.29, 0.717) is 26.3 Å². The lowest BCUT2D eigenvalue weighted by Crippen LogP contribution is -2.43. The van der Waals surface area contributed by atoms with Gasteiger partial charge >= 0.3 is 6.03 Å². The number of carbonyl (C=O) groups is 1. The first-order valence-corrected chi connectivity index (χ1v) is 8.01. The molecule has 2 amide bonds. The Labute approximate surface area is 139 Å². The monoisotopic (exact) mass is 322 g/mol. The number of amides is 2. The molecule has 4 rings (SSSR count). The van der Waals surface area contributed by atoms with Crippen molar-refractivity contribution in [2.24, 2.45) is 0 Å². The Morgan fingerprint density at radius 2 is 1.71 bits per heavy atom. The van der Waals surface area contributed by atoms with Crippen LogP contribution < -0.4 is 5.32 Å². The van der Waals surface area contributed by atoms with Crippen LogP contribution in [0.1, 0.15) is 0 Å². The molecule has 5 nitrogen and oxygen atoms in total. The van der Waals surface area contributed by atoms with Crippen LogP contribution in [0.15, 0.2) is 59.2 Å². The zero-order chi connectivity index (χ0) is 16.4. The Kier molecular flexibility index (Phi) is 3.92. The predicted octanol–water partition coefficient (Wildman–Crippen LogP) is 3.96. The molecule has 1 aromatic heterocycles. The fourth-order valence-corrected chi connectivity index (χ4v) is 2.86. The molecule has 5 heteroatoms. The number of nitrogens with one attached hydrogen (secondary N) is 1. The van der Waals surface area contributed by atoms with Gasteiger partial charge in [0, 0.05) is 24.2 Å². The number of hydrogen-bond donors (Lipinski definition) is 1. The molecular formula is C19H18N2O3. The molecule has 1 aliphatic heterocycles. The molecule has 24 heavy (non-hydrogen) atoms. The van der Waals surface area contributed by atoms with Crippen LogP contribution in [-0.2, 0) is 4.74 Å². The number of anilines is 1. The maximum atomic E-state index is 12.2. The summed E-state index contributed by atoms with van der Waals surface area (Å²) in [7, 11) is 0. The number of fused-ring (bicyclic) bond motifs is 1. The average molecular weight is 322 g/mol. The van der Waals surface area contributed by atoms with Gasteiger partial charge in [0.1, 0.15) is 5.58 Å². The smallest absolute Gasteiger partial charge is 0.321 e. The van der Waals surface area contributed by atoms with Crippen molar-refractivity contribution in [1.82, 2.24) is 4.90 Å². The molecule has 0 saturated carbocycles. The van der Waals surface area contributed by atoms with Crippen molar-refractivity contribution < 1.29 is 13.9 Å². The van der Waals surface area contributed by atoms with Crippen LogP contribution >= 0.6 is 0 Å². The summed E-state index contributed by atoms with van der Waals surface area (Å²) in [4.78, 5) is 14.0. The SMILES string of the molecule is O=C(Nc1ccc(-c2ccc3occc3c2)cc1)N1CCOCC1. The third-order valence-corrected chi connectivity index (χ3v) is 4.22. The van der Waals surface area contributed by atoms with Crippen LogP contribution in [0.25, 0.3) is 22.1 Å². The molecule has 0 spiro atoms. The van der Waals surface area contributed by atoms with Crippen molar-refractivity contribution in [1.29, 1.82) is 0 Å². The van der Waals surface area contributed by atoms with Crippen molar-refractivity contribution in [3.8, 4) is 11.1 Å². The van der Waals surface area contributed by atoms with Gasteiger partial charge in [-0.1, -0.05) is 18.2 Å². The summed E-state index contributed by atoms with van der Waals surface area (Å²) in [6.45, 7) is 2.47. The number of rotatable bonds is 2. The molecule has 1 fully saturated rings. The highest BCUT2D eigenvalue weighted by molar-refractivity contribution is 5.90. The maximum Gasteiger partial charge on any atom is 0.321 e. The first-order valence-electron chi connectivity index (χ1n) is 8.01. The van der Waals surface area contributed by atoms with E-state index in [9.17, 15) is 4.79 Å². The highest BCUT2D eigenvalue weighted by Gasteiger charge is 2.16. The zero-order valence-electron chi connectivity index (χ0n) is 13.2. The molecule has 0 unspecified atom stereocenters. The number of ether oxygens (including phenoxy) is 1. The molecule has 2 heterocycles. The standard InChI is InChI=1S/C19H18N2O3/c22-19(21-8-11-23-12-9-21)20-17-4-1-14(2-5-17)15-3-6-18-16(13-15)7-10-24-18/h1-7,10,13H,8-9,11-12H2,(H,20,22). The number of nitrogens with zero attached hydrogens (tertiary/aromatic N) is 1. The molecule has 0 radical (unpaired) electrons. The Bertz CT molecular complexity index is 848. The van der Waals surface area contributed by atoms with Gasteiger partial charge in [-0.25, -0.2) is 4.79 Å². The average Bonchev–Trinajstić information content (AvgIpc) is 3.11. The maximum absolute atomic E-state index is 12.2. The first-order chi connectivity index (χ1) is 11.8. The minimum atomic E-state index is -0.0779. The van der Waals surface area contributed by atoms with Gasteiger partial charge < -0.3 is 19.4 Å². The van der Waals surface area contributed by atoms with E-state index < -0.39 is 0 Å². The minimum absolute atomic E-state index is 0.0779. The van der Waals surface area contributed by atoms with Crippen molar-refractivity contribution in [3.05, 3.63) is 54.8 Å². The van der Waals surface area contributed by atoms with Gasteiger partial charge in [0.05, 0.1) is 19.5 Å². The fraction of sp³-hybridized carbons (Fsp3) is 0.211. The second kappa shape index (κ2) is 6.37. The van der Waals surface area contributed by atoms with E-state index in [0.717, 1.165) is 27.8 Å². The van der Waals surface area contributed by atoms with Gasteiger partial charge in [0.2, 0.25) is 0 Å². The van der Waals surface area contributed by atoms with E-state index in [2.05, 4.69) is 11.4 Å². The second-order valence-corrected chi connectivity index (χ2v) is 5.78. The fourth-order valence-electron chi connectivity index (χ4n) is 2.86. The summed E-state index contributed by atoms with van der Waals surface area (Å²) in [6.07, 6.45) is 1.69. The van der Waals surface area contributed by atoms with Gasteiger partial charge in [-0.15, -0.1) is 0 Å². The minimum Gasteiger partial charge on any atom is -0.464 e. The van der Waals surface area contributed by atoms with Gasteiger partial charge in [-0.2, -0.15) is 0 Å². The summed E-state index contributed by atoms with van der Waals surface area (Å²) >= 11 is 0. The van der Waals surface area contributed by atoms with Crippen LogP contribution in [0.2, 0.25) is 0 Å². The zero-order valence-corrected chi connectivity index (χ0v) is 13.2. The topological polar surface area (TPSA) is 54.7 Å². The van der Waals surface area contributed by atoms with Crippen LogP contribution in [0, 0.1) is 0 Å². The summed E-state index contributed by atoms with van der Waals surface area (Å²) in [5, 5.41) is 4.01. The molecule has 0 aliphatic carbocycles. The van der Waals surface area contributed by atoms with E-state index in [1.165, 1.54) is 0 Å². The third-order valence-electron chi connectivity index (χ3n) is 4.22. The normalized spacial score (nSPS) is 14.8. The van der Waals surface area contributed by atoms with E-state index >= 15 is 0 Å². The summed E-state index contributed by atoms with van der Waals surface area (Å²) < 4.78 is 10.6. The van der Waals surface area contributed by atoms with Crippen LogP contribution in [0.3, 0.4) is 0 Å². The lowest BCUT2D eigenvalue weighted by atomic mass is 10.0. The summed E-state index contributed by atoms with van der Waals surface area (Å²) in [5.41, 5.74) is 3.89. The summed E-state index contributed by atoms with van der Waals surface area (Å²) in [5.74, 6) is 0. The third kappa shape index (κ3) is 2.98. The molecule has 2 aromatic carbocycles. The lowest BCUT2D eigenvalue weighted by molar-refractivity contribution is 0.0564. The molecule has 1 saturated heterocycles. The Hall–Kier alpha value is -2.79. The molecule has 0 atom stereocenters. The highest BCUT2D eigenvalue weighted by Crippen LogP contribution is 2.26. The Morgan fingerprint density at radius 3 is 2.50 bits per heavy atom. The number of hydrogen-bond acceptors (Lipinski definition) is 3. The molecule has 122 valence electrons. The summed E-state index contributed by atoms with van der Waals surface area (Å²) in [6, 6.07) is 15.8. The second-order valence-electron chi connectivity index (χ2n) is 5.78. The van der Waals surface area contributed by atoms with Crippen LogP contribution in [0.5, 0.6) is 0 Å². The number of urea groups is 1. The number of furan rings is 1. The molecule has 1 N–H and O–H groups in total. The van der Waals surface area contributed by atoms with Crippen LogP contribution in [0.4, 0.5) is 10.5 Å². The number of morpholine rings is 1. The first kappa shape index (κ1) is 14.8. The molecular weight excluding hydrogens is 304 g/mol. The van der Waals surface area contributed by atoms with Crippen molar-refractivity contribution in [2.75, 3.05) is 31.6 Å². The van der Waals surface area contributed by atoms with Gasteiger partial charge in [0.15, 0.2) is 0 Å². The van der Waals surface area contributed by atoms with Crippen molar-refractivity contribution in [3.63, 3.8) is 0 Å². The van der Waals surface area contributed by atoms with Crippen LogP contribution in [-0.4, -0.2) is 37.2 Å². The van der Waals surface area contributed by atoms with E-state index in [1.54, 1.807) is 11.2 Å². The van der Waals surface area contributed by atoms with E-state index in [-0.39, 0.29) is 6.03 Å². The van der Waals surface area contributed by atoms with Gasteiger partial charge in [-0.05, 0) is 41.5 Å². The molecule has 1 aliphatic rings. The highest BCUT2D eigenvalue weighted by atomic mass is 16.5. The predicted molar refractivity (Wildman–Crippen MR) is 93.1 cm³/mol. The van der Waals surface area contributed by atoms with Gasteiger partial charge in [0.25, 0.3) is 0 Å². The number of carbonyl (C=O) groups excluding carboxylic acids is 1. The van der Waals surface area contributed by atoms with E-state index in [1.807, 2.05) is 42.5 Å². The lowest BCUT2D eigenvalue weighted by Gasteiger charge is -2.26. The van der Waals surface area contributed by atoms with Crippen molar-refractivity contribution >= 4 is 22.7 Å². The molecule has 3 aromatic rings. The largest absolute Gasteiger partial charge is 0.464 e. The van der Waals surface area contributed by atoms with Gasteiger partial charge in [-0.3, -0.25) is 0 Å². The Morgan fingerprint density at radius 1 is 0.958 bits per heavy atom. The Balaban J connectivity index is 1.48.